The van der Waals surface area contributed by atoms with E-state index in [4.69, 9.17) is 4.74 Å². The van der Waals surface area contributed by atoms with Crippen molar-refractivity contribution in [3.8, 4) is 5.88 Å². The highest BCUT2D eigenvalue weighted by atomic mass is 16.5. The van der Waals surface area contributed by atoms with Gasteiger partial charge in [0.05, 0.1) is 6.61 Å². The Morgan fingerprint density at radius 1 is 1.23 bits per heavy atom. The normalized spacial score (nSPS) is 19.3. The molecule has 1 aliphatic rings. The predicted molar refractivity (Wildman–Crippen MR) is 100 cm³/mol. The van der Waals surface area contributed by atoms with Gasteiger partial charge in [0.25, 0.3) is 0 Å². The smallest absolute Gasteiger partial charge is 0.238 e. The minimum Gasteiger partial charge on any atom is -0.477 e. The van der Waals surface area contributed by atoms with E-state index >= 15 is 0 Å². The predicted octanol–water partition coefficient (Wildman–Crippen LogP) is 2.48. The maximum absolute atomic E-state index is 12.5. The highest BCUT2D eigenvalue weighted by Crippen LogP contribution is 2.22. The Bertz CT molecular complexity index is 708. The lowest BCUT2D eigenvalue weighted by Crippen LogP contribution is -2.42. The first-order valence-electron chi connectivity index (χ1n) is 9.18. The monoisotopic (exact) mass is 354 g/mol. The molecule has 0 bridgehead atoms. The van der Waals surface area contributed by atoms with E-state index in [1.807, 2.05) is 30.3 Å². The van der Waals surface area contributed by atoms with Crippen LogP contribution in [-0.2, 0) is 11.3 Å². The molecule has 1 amide bonds. The maximum Gasteiger partial charge on any atom is 0.238 e. The number of carbonyl (C=O) groups excluding carboxylic acids is 1. The molecule has 6 heteroatoms. The molecule has 3 rings (SSSR count). The van der Waals surface area contributed by atoms with E-state index in [1.165, 1.54) is 5.56 Å². The molecular formula is C20H26N4O2. The molecule has 138 valence electrons. The van der Waals surface area contributed by atoms with Gasteiger partial charge in [-0.15, -0.1) is 0 Å². The fraction of sp³-hybridized carbons (Fsp3) is 0.400. The van der Waals surface area contributed by atoms with Crippen molar-refractivity contribution in [2.24, 2.45) is 0 Å². The van der Waals surface area contributed by atoms with E-state index in [9.17, 15) is 4.79 Å². The number of rotatable bonds is 8. The molecule has 26 heavy (non-hydrogen) atoms. The average Bonchev–Trinajstić information content (AvgIpc) is 3.18. The zero-order valence-corrected chi connectivity index (χ0v) is 15.1. The Labute approximate surface area is 154 Å². The summed E-state index contributed by atoms with van der Waals surface area (Å²) in [5, 5.41) is 2.98. The van der Waals surface area contributed by atoms with Gasteiger partial charge in [-0.3, -0.25) is 4.79 Å². The molecule has 3 N–H and O–H groups in total. The Morgan fingerprint density at radius 2 is 2.08 bits per heavy atom. The van der Waals surface area contributed by atoms with E-state index in [1.54, 1.807) is 6.20 Å². The van der Waals surface area contributed by atoms with Gasteiger partial charge in [-0.05, 0) is 24.5 Å². The molecule has 0 spiro atoms. The molecule has 0 radical (unpaired) electrons. The second-order valence-electron chi connectivity index (χ2n) is 6.43. The molecule has 1 aromatic heterocycles. The number of hydrogen-bond acceptors (Lipinski definition) is 5. The number of carbonyl (C=O) groups is 1. The van der Waals surface area contributed by atoms with E-state index in [2.05, 4.69) is 40.2 Å². The second-order valence-corrected chi connectivity index (χ2v) is 6.43. The number of nitrogens with one attached hydrogen (secondary N) is 3. The van der Waals surface area contributed by atoms with Gasteiger partial charge >= 0.3 is 0 Å². The van der Waals surface area contributed by atoms with Crippen LogP contribution in [-0.4, -0.2) is 23.5 Å². The summed E-state index contributed by atoms with van der Waals surface area (Å²) in [6.45, 7) is 3.16. The molecule has 0 saturated carbocycles. The Balaban J connectivity index is 1.52. The summed E-state index contributed by atoms with van der Waals surface area (Å²) in [4.78, 5) is 16.8. The molecule has 2 aromatic rings. The van der Waals surface area contributed by atoms with Crippen LogP contribution >= 0.6 is 0 Å². The standard InChI is InChI=1S/C20H26N4O2/c1-2-3-12-26-20-16(10-7-11-21-20)14-22-19(25)18-13-17(23-24-18)15-8-5-4-6-9-15/h4-11,17-18,23-24H,2-3,12-14H2,1H3,(H,22,25). The van der Waals surface area contributed by atoms with Crippen LogP contribution in [0.1, 0.15) is 43.4 Å². The van der Waals surface area contributed by atoms with E-state index in [0.717, 1.165) is 18.4 Å². The van der Waals surface area contributed by atoms with Gasteiger partial charge in [-0.1, -0.05) is 49.7 Å². The number of hydrogen-bond donors (Lipinski definition) is 3. The maximum atomic E-state index is 12.5. The fourth-order valence-corrected chi connectivity index (χ4v) is 2.94. The summed E-state index contributed by atoms with van der Waals surface area (Å²) in [6.07, 6.45) is 4.48. The van der Waals surface area contributed by atoms with Crippen LogP contribution < -0.4 is 20.9 Å². The van der Waals surface area contributed by atoms with Crippen molar-refractivity contribution in [1.29, 1.82) is 0 Å². The van der Waals surface area contributed by atoms with Crippen LogP contribution in [0.3, 0.4) is 0 Å². The van der Waals surface area contributed by atoms with Crippen LogP contribution in [0, 0.1) is 0 Å². The summed E-state index contributed by atoms with van der Waals surface area (Å²) in [5.41, 5.74) is 8.36. The number of unbranched alkanes of at least 4 members (excludes halogenated alkanes) is 1. The third-order valence-corrected chi connectivity index (χ3v) is 4.46. The topological polar surface area (TPSA) is 75.3 Å². The largest absolute Gasteiger partial charge is 0.477 e. The first-order valence-corrected chi connectivity index (χ1v) is 9.18. The lowest BCUT2D eigenvalue weighted by molar-refractivity contribution is -0.123. The molecule has 2 atom stereocenters. The third kappa shape index (κ3) is 4.80. The molecule has 1 saturated heterocycles. The van der Waals surface area contributed by atoms with Crippen molar-refractivity contribution in [2.45, 2.75) is 44.8 Å². The van der Waals surface area contributed by atoms with Crippen LogP contribution in [0.25, 0.3) is 0 Å². The number of hydrazine groups is 1. The minimum absolute atomic E-state index is 0.0284. The summed E-state index contributed by atoms with van der Waals surface area (Å²) < 4.78 is 5.72. The summed E-state index contributed by atoms with van der Waals surface area (Å²) >= 11 is 0. The molecule has 6 nitrogen and oxygen atoms in total. The summed E-state index contributed by atoms with van der Waals surface area (Å²) in [5.74, 6) is 0.570. The van der Waals surface area contributed by atoms with Crippen LogP contribution in [0.5, 0.6) is 5.88 Å². The number of amides is 1. The zero-order valence-electron chi connectivity index (χ0n) is 15.1. The molecule has 1 aromatic carbocycles. The van der Waals surface area contributed by atoms with Gasteiger partial charge in [0.2, 0.25) is 11.8 Å². The van der Waals surface area contributed by atoms with Gasteiger partial charge in [0, 0.05) is 24.3 Å². The summed E-state index contributed by atoms with van der Waals surface area (Å²) in [7, 11) is 0. The number of aromatic nitrogens is 1. The number of ether oxygens (including phenoxy) is 1. The SMILES string of the molecule is CCCCOc1ncccc1CNC(=O)C1CC(c2ccccc2)NN1. The van der Waals surface area contributed by atoms with Gasteiger partial charge in [-0.2, -0.15) is 0 Å². The first kappa shape index (κ1) is 18.4. The number of nitrogens with zero attached hydrogens (tertiary/aromatic N) is 1. The average molecular weight is 354 g/mol. The van der Waals surface area contributed by atoms with Crippen molar-refractivity contribution < 1.29 is 9.53 Å². The number of pyridine rings is 1. The molecule has 2 heterocycles. The van der Waals surface area contributed by atoms with Gasteiger partial charge in [-0.25, -0.2) is 15.8 Å². The fourth-order valence-electron chi connectivity index (χ4n) is 2.94. The van der Waals surface area contributed by atoms with E-state index in [-0.39, 0.29) is 18.0 Å². The Morgan fingerprint density at radius 3 is 2.88 bits per heavy atom. The van der Waals surface area contributed by atoms with Crippen molar-refractivity contribution in [2.75, 3.05) is 6.61 Å². The Hall–Kier alpha value is -2.44. The van der Waals surface area contributed by atoms with E-state index in [0.29, 0.717) is 25.5 Å². The lowest BCUT2D eigenvalue weighted by atomic mass is 10.0. The van der Waals surface area contributed by atoms with Gasteiger partial charge in [0.1, 0.15) is 6.04 Å². The lowest BCUT2D eigenvalue weighted by Gasteiger charge is -2.13. The zero-order chi connectivity index (χ0) is 18.2. The van der Waals surface area contributed by atoms with Crippen molar-refractivity contribution in [3.63, 3.8) is 0 Å². The van der Waals surface area contributed by atoms with Crippen LogP contribution in [0.4, 0.5) is 0 Å². The van der Waals surface area contributed by atoms with Crippen LogP contribution in [0.15, 0.2) is 48.7 Å². The van der Waals surface area contributed by atoms with Gasteiger partial charge in [0.15, 0.2) is 0 Å². The van der Waals surface area contributed by atoms with E-state index < -0.39 is 0 Å². The highest BCUT2D eigenvalue weighted by Gasteiger charge is 2.29. The van der Waals surface area contributed by atoms with Crippen LogP contribution in [0.2, 0.25) is 0 Å². The Kier molecular flexibility index (Phi) is 6.57. The molecule has 1 fully saturated rings. The van der Waals surface area contributed by atoms with Crippen molar-refractivity contribution in [3.05, 3.63) is 59.8 Å². The summed E-state index contributed by atoms with van der Waals surface area (Å²) in [6, 6.07) is 13.8. The first-order chi connectivity index (χ1) is 12.8. The second kappa shape index (κ2) is 9.31. The highest BCUT2D eigenvalue weighted by molar-refractivity contribution is 5.82. The number of benzene rings is 1. The van der Waals surface area contributed by atoms with Crippen molar-refractivity contribution in [1.82, 2.24) is 21.2 Å². The molecule has 1 aliphatic heterocycles. The third-order valence-electron chi connectivity index (χ3n) is 4.46. The minimum atomic E-state index is -0.263. The molecular weight excluding hydrogens is 328 g/mol. The van der Waals surface area contributed by atoms with Gasteiger partial charge < -0.3 is 10.1 Å². The quantitative estimate of drug-likeness (QED) is 0.635. The molecule has 2 unspecified atom stereocenters. The molecule has 0 aliphatic carbocycles. The van der Waals surface area contributed by atoms with Crippen molar-refractivity contribution >= 4 is 5.91 Å².